The van der Waals surface area contributed by atoms with Crippen LogP contribution in [0.4, 0.5) is 11.6 Å². The van der Waals surface area contributed by atoms with Gasteiger partial charge in [0.05, 0.1) is 14.2 Å². The van der Waals surface area contributed by atoms with E-state index in [-0.39, 0.29) is 0 Å². The number of aromatic nitrogens is 2. The number of methoxy groups -OCH3 is 2. The second-order valence-electron chi connectivity index (χ2n) is 4.28. The summed E-state index contributed by atoms with van der Waals surface area (Å²) in [5.74, 6) is 2.62. The predicted molar refractivity (Wildman–Crippen MR) is 78.1 cm³/mol. The van der Waals surface area contributed by atoms with Crippen LogP contribution in [0.3, 0.4) is 0 Å². The van der Waals surface area contributed by atoms with Gasteiger partial charge in [0.2, 0.25) is 0 Å². The predicted octanol–water partition coefficient (Wildman–Crippen LogP) is 2.00. The Labute approximate surface area is 118 Å². The summed E-state index contributed by atoms with van der Waals surface area (Å²) in [6, 6.07) is 5.76. The number of nitrogen functional groups attached to an aromatic ring is 1. The molecule has 0 aliphatic heterocycles. The minimum absolute atomic E-state index is 0.481. The first kappa shape index (κ1) is 13.9. The molecule has 0 saturated heterocycles. The van der Waals surface area contributed by atoms with E-state index in [2.05, 4.69) is 15.3 Å². The minimum atomic E-state index is 0.481. The molecule has 2 rings (SSSR count). The Bertz CT molecular complexity index is 602. The maximum absolute atomic E-state index is 5.75. The van der Waals surface area contributed by atoms with Gasteiger partial charge in [0, 0.05) is 12.1 Å². The average Bonchev–Trinajstić information content (AvgIpc) is 2.48. The summed E-state index contributed by atoms with van der Waals surface area (Å²) in [4.78, 5) is 8.11. The Morgan fingerprint density at radius 1 is 1.15 bits per heavy atom. The summed E-state index contributed by atoms with van der Waals surface area (Å²) in [7, 11) is 3.23. The van der Waals surface area contributed by atoms with Gasteiger partial charge in [0.15, 0.2) is 11.5 Å². The van der Waals surface area contributed by atoms with Crippen LogP contribution in [-0.4, -0.2) is 24.2 Å². The van der Waals surface area contributed by atoms with Gasteiger partial charge in [-0.2, -0.15) is 0 Å². The van der Waals surface area contributed by atoms with Crippen molar-refractivity contribution in [3.63, 3.8) is 0 Å². The van der Waals surface area contributed by atoms with E-state index in [1.807, 2.05) is 25.1 Å². The molecule has 3 N–H and O–H groups in total. The molecule has 0 spiro atoms. The van der Waals surface area contributed by atoms with Crippen molar-refractivity contribution >= 4 is 11.6 Å². The van der Waals surface area contributed by atoms with Gasteiger partial charge in [-0.25, -0.2) is 9.97 Å². The summed E-state index contributed by atoms with van der Waals surface area (Å²) in [5.41, 5.74) is 7.64. The standard InChI is InChI=1S/C14H18N4O2/c1-9-13(15)17-8-18-14(9)16-7-10-4-5-11(19-2)12(6-10)20-3/h4-6,8H,7H2,1-3H3,(H3,15,16,17,18). The highest BCUT2D eigenvalue weighted by atomic mass is 16.5. The minimum Gasteiger partial charge on any atom is -0.493 e. The van der Waals surface area contributed by atoms with Crippen LogP contribution < -0.4 is 20.5 Å². The molecular weight excluding hydrogens is 256 g/mol. The highest BCUT2D eigenvalue weighted by Crippen LogP contribution is 2.28. The van der Waals surface area contributed by atoms with Crippen molar-refractivity contribution in [3.05, 3.63) is 35.7 Å². The second-order valence-corrected chi connectivity index (χ2v) is 4.28. The SMILES string of the molecule is COc1ccc(CNc2ncnc(N)c2C)cc1OC. The molecule has 1 aromatic heterocycles. The van der Waals surface area contributed by atoms with Crippen LogP contribution in [-0.2, 0) is 6.54 Å². The van der Waals surface area contributed by atoms with E-state index in [4.69, 9.17) is 15.2 Å². The smallest absolute Gasteiger partial charge is 0.161 e. The zero-order valence-corrected chi connectivity index (χ0v) is 11.8. The lowest BCUT2D eigenvalue weighted by molar-refractivity contribution is 0.354. The molecule has 0 aliphatic carbocycles. The van der Waals surface area contributed by atoms with E-state index >= 15 is 0 Å². The molecule has 0 bridgehead atoms. The van der Waals surface area contributed by atoms with Gasteiger partial charge in [-0.1, -0.05) is 6.07 Å². The molecule has 2 aromatic rings. The van der Waals surface area contributed by atoms with E-state index in [0.717, 1.165) is 16.9 Å². The van der Waals surface area contributed by atoms with Crippen LogP contribution >= 0.6 is 0 Å². The third-order valence-corrected chi connectivity index (χ3v) is 3.03. The molecular formula is C14H18N4O2. The molecule has 0 fully saturated rings. The molecule has 0 radical (unpaired) electrons. The molecule has 0 unspecified atom stereocenters. The summed E-state index contributed by atoms with van der Waals surface area (Å²) in [6.07, 6.45) is 1.44. The van der Waals surface area contributed by atoms with Crippen LogP contribution in [0, 0.1) is 6.92 Å². The van der Waals surface area contributed by atoms with Crippen molar-refractivity contribution in [2.75, 3.05) is 25.3 Å². The van der Waals surface area contributed by atoms with Gasteiger partial charge in [-0.3, -0.25) is 0 Å². The van der Waals surface area contributed by atoms with Crippen LogP contribution in [0.15, 0.2) is 24.5 Å². The summed E-state index contributed by atoms with van der Waals surface area (Å²) in [5, 5.41) is 3.23. The Morgan fingerprint density at radius 3 is 2.60 bits per heavy atom. The second kappa shape index (κ2) is 6.10. The van der Waals surface area contributed by atoms with E-state index in [1.54, 1.807) is 14.2 Å². The normalized spacial score (nSPS) is 10.2. The van der Waals surface area contributed by atoms with E-state index < -0.39 is 0 Å². The molecule has 106 valence electrons. The fourth-order valence-electron chi connectivity index (χ4n) is 1.82. The Balaban J connectivity index is 2.13. The fraction of sp³-hybridized carbons (Fsp3) is 0.286. The van der Waals surface area contributed by atoms with Crippen LogP contribution in [0.5, 0.6) is 11.5 Å². The maximum atomic E-state index is 5.75. The molecule has 0 saturated carbocycles. The molecule has 1 heterocycles. The van der Waals surface area contributed by atoms with Crippen molar-refractivity contribution in [3.8, 4) is 11.5 Å². The molecule has 20 heavy (non-hydrogen) atoms. The average molecular weight is 274 g/mol. The lowest BCUT2D eigenvalue weighted by Gasteiger charge is -2.12. The number of hydrogen-bond acceptors (Lipinski definition) is 6. The lowest BCUT2D eigenvalue weighted by atomic mass is 10.2. The molecule has 0 atom stereocenters. The molecule has 0 amide bonds. The number of nitrogens with zero attached hydrogens (tertiary/aromatic N) is 2. The van der Waals surface area contributed by atoms with Gasteiger partial charge in [0.1, 0.15) is 18.0 Å². The first-order valence-corrected chi connectivity index (χ1v) is 6.17. The number of rotatable bonds is 5. The van der Waals surface area contributed by atoms with E-state index in [9.17, 15) is 0 Å². The number of benzene rings is 1. The highest BCUT2D eigenvalue weighted by Gasteiger charge is 2.06. The first-order chi connectivity index (χ1) is 9.65. The number of nitrogens with two attached hydrogens (primary N) is 1. The van der Waals surface area contributed by atoms with Crippen molar-refractivity contribution in [2.24, 2.45) is 0 Å². The van der Waals surface area contributed by atoms with E-state index in [0.29, 0.717) is 23.9 Å². The Hall–Kier alpha value is -2.50. The highest BCUT2D eigenvalue weighted by molar-refractivity contribution is 5.54. The summed E-state index contributed by atoms with van der Waals surface area (Å²) in [6.45, 7) is 2.49. The van der Waals surface area contributed by atoms with Crippen LogP contribution in [0.25, 0.3) is 0 Å². The molecule has 6 nitrogen and oxygen atoms in total. The largest absolute Gasteiger partial charge is 0.493 e. The summed E-state index contributed by atoms with van der Waals surface area (Å²) >= 11 is 0. The van der Waals surface area contributed by atoms with Gasteiger partial charge < -0.3 is 20.5 Å². The van der Waals surface area contributed by atoms with Gasteiger partial charge in [0.25, 0.3) is 0 Å². The van der Waals surface area contributed by atoms with Crippen molar-refractivity contribution in [2.45, 2.75) is 13.5 Å². The monoisotopic (exact) mass is 274 g/mol. The molecule has 0 aliphatic rings. The van der Waals surface area contributed by atoms with E-state index in [1.165, 1.54) is 6.33 Å². The molecule has 1 aromatic carbocycles. The Morgan fingerprint density at radius 2 is 1.90 bits per heavy atom. The first-order valence-electron chi connectivity index (χ1n) is 6.17. The summed E-state index contributed by atoms with van der Waals surface area (Å²) < 4.78 is 10.5. The fourth-order valence-corrected chi connectivity index (χ4v) is 1.82. The van der Waals surface area contributed by atoms with Crippen molar-refractivity contribution < 1.29 is 9.47 Å². The number of anilines is 2. The lowest BCUT2D eigenvalue weighted by Crippen LogP contribution is -2.06. The van der Waals surface area contributed by atoms with Gasteiger partial charge in [-0.15, -0.1) is 0 Å². The molecule has 6 heteroatoms. The maximum Gasteiger partial charge on any atom is 0.161 e. The quantitative estimate of drug-likeness (QED) is 0.867. The van der Waals surface area contributed by atoms with Gasteiger partial charge >= 0.3 is 0 Å². The van der Waals surface area contributed by atoms with Gasteiger partial charge in [-0.05, 0) is 24.6 Å². The Kier molecular flexibility index (Phi) is 4.24. The number of hydrogen-bond donors (Lipinski definition) is 2. The van der Waals surface area contributed by atoms with Crippen LogP contribution in [0.2, 0.25) is 0 Å². The van der Waals surface area contributed by atoms with Crippen LogP contribution in [0.1, 0.15) is 11.1 Å². The third-order valence-electron chi connectivity index (χ3n) is 3.03. The van der Waals surface area contributed by atoms with Crippen molar-refractivity contribution in [1.29, 1.82) is 0 Å². The third kappa shape index (κ3) is 2.90. The van der Waals surface area contributed by atoms with Crippen molar-refractivity contribution in [1.82, 2.24) is 9.97 Å². The topological polar surface area (TPSA) is 82.3 Å². The number of ether oxygens (including phenoxy) is 2. The zero-order valence-electron chi connectivity index (χ0n) is 11.8. The number of nitrogens with one attached hydrogen (secondary N) is 1. The zero-order chi connectivity index (χ0) is 14.5.